The Labute approximate surface area is 102 Å². The van der Waals surface area contributed by atoms with Crippen LogP contribution in [-0.4, -0.2) is 33.4 Å². The number of amides is 2. The molecule has 0 unspecified atom stereocenters. The highest BCUT2D eigenvalue weighted by Crippen LogP contribution is 2.22. The zero-order valence-electron chi connectivity index (χ0n) is 9.37. The molecule has 3 rings (SSSR count). The van der Waals surface area contributed by atoms with Gasteiger partial charge in [0.15, 0.2) is 5.82 Å². The van der Waals surface area contributed by atoms with E-state index >= 15 is 0 Å². The maximum Gasteiger partial charge on any atom is 0.261 e. The molecule has 1 aliphatic heterocycles. The Bertz CT molecular complexity index is 572. The lowest BCUT2D eigenvalue weighted by atomic mass is 10.1. The summed E-state index contributed by atoms with van der Waals surface area (Å²) < 4.78 is 4.60. The second-order valence-electron chi connectivity index (χ2n) is 3.90. The standard InChI is InChI=1S/C12H9N3O3/c16-11-8-3-1-2-4-9(8)12(17)15(11)6-5-10-13-7-18-14-10/h1-4,7H,5-6H2. The summed E-state index contributed by atoms with van der Waals surface area (Å²) in [5.41, 5.74) is 0.909. The van der Waals surface area contributed by atoms with Gasteiger partial charge >= 0.3 is 0 Å². The van der Waals surface area contributed by atoms with Crippen LogP contribution in [0.3, 0.4) is 0 Å². The number of aromatic nitrogens is 2. The maximum atomic E-state index is 12.0. The molecule has 1 aromatic heterocycles. The lowest BCUT2D eigenvalue weighted by Gasteiger charge is -2.11. The highest BCUT2D eigenvalue weighted by atomic mass is 16.5. The molecule has 2 amide bonds. The number of hydrogen-bond donors (Lipinski definition) is 0. The van der Waals surface area contributed by atoms with Crippen molar-refractivity contribution in [3.8, 4) is 0 Å². The van der Waals surface area contributed by atoms with E-state index < -0.39 is 0 Å². The normalized spacial score (nSPS) is 14.1. The summed E-state index contributed by atoms with van der Waals surface area (Å²) in [6, 6.07) is 6.80. The molecular formula is C12H9N3O3. The lowest BCUT2D eigenvalue weighted by molar-refractivity contribution is 0.0655. The third-order valence-electron chi connectivity index (χ3n) is 2.84. The van der Waals surface area contributed by atoms with Gasteiger partial charge in [-0.15, -0.1) is 0 Å². The van der Waals surface area contributed by atoms with Gasteiger partial charge in [0.1, 0.15) is 0 Å². The van der Waals surface area contributed by atoms with Gasteiger partial charge in [-0.25, -0.2) is 0 Å². The van der Waals surface area contributed by atoms with Crippen LogP contribution >= 0.6 is 0 Å². The van der Waals surface area contributed by atoms with Crippen LogP contribution in [0.5, 0.6) is 0 Å². The molecule has 0 radical (unpaired) electrons. The number of fused-ring (bicyclic) bond motifs is 1. The van der Waals surface area contributed by atoms with Gasteiger partial charge in [-0.3, -0.25) is 14.5 Å². The molecule has 90 valence electrons. The highest BCUT2D eigenvalue weighted by molar-refractivity contribution is 6.21. The number of carbonyl (C=O) groups is 2. The predicted molar refractivity (Wildman–Crippen MR) is 59.8 cm³/mol. The summed E-state index contributed by atoms with van der Waals surface area (Å²) in [4.78, 5) is 29.1. The average molecular weight is 243 g/mol. The summed E-state index contributed by atoms with van der Waals surface area (Å²) in [7, 11) is 0. The van der Waals surface area contributed by atoms with E-state index in [4.69, 9.17) is 0 Å². The van der Waals surface area contributed by atoms with E-state index in [1.807, 2.05) is 0 Å². The molecule has 0 saturated carbocycles. The Balaban J connectivity index is 1.80. The fourth-order valence-corrected chi connectivity index (χ4v) is 1.96. The van der Waals surface area contributed by atoms with Crippen LogP contribution < -0.4 is 0 Å². The topological polar surface area (TPSA) is 76.3 Å². The van der Waals surface area contributed by atoms with Crippen LogP contribution in [0.1, 0.15) is 26.5 Å². The fourth-order valence-electron chi connectivity index (χ4n) is 1.96. The van der Waals surface area contributed by atoms with E-state index in [0.29, 0.717) is 23.4 Å². The van der Waals surface area contributed by atoms with Crippen molar-refractivity contribution < 1.29 is 14.1 Å². The van der Waals surface area contributed by atoms with Crippen molar-refractivity contribution >= 4 is 11.8 Å². The first-order chi connectivity index (χ1) is 8.77. The summed E-state index contributed by atoms with van der Waals surface area (Å²) >= 11 is 0. The lowest BCUT2D eigenvalue weighted by Crippen LogP contribution is -2.31. The maximum absolute atomic E-state index is 12.0. The minimum atomic E-state index is -0.265. The van der Waals surface area contributed by atoms with Crippen LogP contribution in [0.4, 0.5) is 0 Å². The number of hydrogen-bond acceptors (Lipinski definition) is 5. The summed E-state index contributed by atoms with van der Waals surface area (Å²) in [5.74, 6) is -0.0512. The van der Waals surface area contributed by atoms with Crippen molar-refractivity contribution in [2.45, 2.75) is 6.42 Å². The summed E-state index contributed by atoms with van der Waals surface area (Å²) in [6.45, 7) is 0.256. The Morgan fingerprint density at radius 2 is 1.78 bits per heavy atom. The molecule has 0 bridgehead atoms. The highest BCUT2D eigenvalue weighted by Gasteiger charge is 2.34. The molecule has 0 aliphatic carbocycles. The molecule has 2 heterocycles. The van der Waals surface area contributed by atoms with Gasteiger partial charge in [0.2, 0.25) is 6.39 Å². The Morgan fingerprint density at radius 1 is 1.11 bits per heavy atom. The number of nitrogens with zero attached hydrogens (tertiary/aromatic N) is 3. The van der Waals surface area contributed by atoms with E-state index in [1.54, 1.807) is 24.3 Å². The van der Waals surface area contributed by atoms with Gasteiger partial charge < -0.3 is 4.52 Å². The molecule has 0 saturated heterocycles. The van der Waals surface area contributed by atoms with E-state index in [9.17, 15) is 9.59 Å². The van der Waals surface area contributed by atoms with Crippen molar-refractivity contribution in [1.82, 2.24) is 15.0 Å². The van der Waals surface area contributed by atoms with E-state index in [1.165, 1.54) is 11.3 Å². The van der Waals surface area contributed by atoms with E-state index in [0.717, 1.165) is 0 Å². The largest absolute Gasteiger partial charge is 0.343 e. The smallest absolute Gasteiger partial charge is 0.261 e. The Hall–Kier alpha value is -2.50. The molecule has 6 nitrogen and oxygen atoms in total. The first-order valence-corrected chi connectivity index (χ1v) is 5.48. The van der Waals surface area contributed by atoms with Crippen molar-refractivity contribution in [2.75, 3.05) is 6.54 Å². The van der Waals surface area contributed by atoms with Crippen LogP contribution in [0.15, 0.2) is 35.2 Å². The molecule has 18 heavy (non-hydrogen) atoms. The molecule has 2 aromatic rings. The zero-order valence-corrected chi connectivity index (χ0v) is 9.37. The molecule has 0 fully saturated rings. The van der Waals surface area contributed by atoms with Crippen molar-refractivity contribution in [1.29, 1.82) is 0 Å². The first-order valence-electron chi connectivity index (χ1n) is 5.48. The second kappa shape index (κ2) is 4.06. The van der Waals surface area contributed by atoms with Gasteiger partial charge in [0, 0.05) is 13.0 Å². The van der Waals surface area contributed by atoms with Gasteiger partial charge in [-0.2, -0.15) is 4.98 Å². The van der Waals surface area contributed by atoms with E-state index in [-0.39, 0.29) is 18.4 Å². The molecular weight excluding hydrogens is 234 g/mol. The SMILES string of the molecule is O=C1c2ccccc2C(=O)N1CCc1ncon1. The van der Waals surface area contributed by atoms with Gasteiger partial charge in [-0.05, 0) is 12.1 Å². The number of carbonyl (C=O) groups excluding carboxylic acids is 2. The molecule has 1 aromatic carbocycles. The van der Waals surface area contributed by atoms with Crippen molar-refractivity contribution in [3.05, 3.63) is 47.6 Å². The predicted octanol–water partition coefficient (Wildman–Crippen LogP) is 0.908. The zero-order chi connectivity index (χ0) is 12.5. The summed E-state index contributed by atoms with van der Waals surface area (Å²) in [5, 5.41) is 3.64. The van der Waals surface area contributed by atoms with Crippen LogP contribution in [0, 0.1) is 0 Å². The molecule has 1 aliphatic rings. The van der Waals surface area contributed by atoms with Crippen LogP contribution in [-0.2, 0) is 6.42 Å². The van der Waals surface area contributed by atoms with Crippen molar-refractivity contribution in [3.63, 3.8) is 0 Å². The summed E-state index contributed by atoms with van der Waals surface area (Å²) in [6.07, 6.45) is 1.61. The third-order valence-corrected chi connectivity index (χ3v) is 2.84. The molecule has 0 spiro atoms. The average Bonchev–Trinajstić information content (AvgIpc) is 2.98. The minimum absolute atomic E-state index is 0.256. The number of rotatable bonds is 3. The minimum Gasteiger partial charge on any atom is -0.343 e. The molecule has 6 heteroatoms. The monoisotopic (exact) mass is 243 g/mol. The van der Waals surface area contributed by atoms with Crippen LogP contribution in [0.25, 0.3) is 0 Å². The first kappa shape index (κ1) is 10.6. The van der Waals surface area contributed by atoms with Gasteiger partial charge in [-0.1, -0.05) is 17.3 Å². The number of benzene rings is 1. The van der Waals surface area contributed by atoms with Crippen molar-refractivity contribution in [2.24, 2.45) is 0 Å². The van der Waals surface area contributed by atoms with Gasteiger partial charge in [0.25, 0.3) is 11.8 Å². The molecule has 0 atom stereocenters. The Morgan fingerprint density at radius 3 is 2.33 bits per heavy atom. The number of imide groups is 1. The quantitative estimate of drug-likeness (QED) is 0.749. The molecule has 0 N–H and O–H groups in total. The van der Waals surface area contributed by atoms with Gasteiger partial charge in [0.05, 0.1) is 11.1 Å². The van der Waals surface area contributed by atoms with E-state index in [2.05, 4.69) is 14.7 Å². The third kappa shape index (κ3) is 1.58. The van der Waals surface area contributed by atoms with Crippen LogP contribution in [0.2, 0.25) is 0 Å². The fraction of sp³-hybridized carbons (Fsp3) is 0.167. The second-order valence-corrected chi connectivity index (χ2v) is 3.90. The Kier molecular flexibility index (Phi) is 2.40.